The Hall–Kier alpha value is -8.35. The lowest BCUT2D eigenvalue weighted by Gasteiger charge is -2.14. The standard InChI is InChI=1S/C57H40N6/c1-2-3-18-49(58)43-15-6-4-13-40(43)36-24-27-52-47(33-36)56-54(21-11-30-60-56)62(52)39-26-23-38-32-46-42(45(38)35-39)17-10-20-51(46)63-53-28-25-37(34-48(53)57-55(63)22-12-31-61-57)41-14-5-7-16-44(41)50-19-8-9-29-59-50/h2-31,33-35H,32,58H2,1H3/b3-2-,49-18-. The Kier molecular flexibility index (Phi) is 8.50. The van der Waals surface area contributed by atoms with E-state index < -0.39 is 0 Å². The van der Waals surface area contributed by atoms with Gasteiger partial charge >= 0.3 is 0 Å². The molecule has 1 aliphatic carbocycles. The molecule has 0 atom stereocenters. The first-order chi connectivity index (χ1) is 31.1. The van der Waals surface area contributed by atoms with Gasteiger partial charge in [-0.3, -0.25) is 15.0 Å². The summed E-state index contributed by atoms with van der Waals surface area (Å²) in [6, 6.07) is 58.5. The molecule has 0 spiro atoms. The summed E-state index contributed by atoms with van der Waals surface area (Å²) in [6.07, 6.45) is 12.4. The van der Waals surface area contributed by atoms with E-state index in [4.69, 9.17) is 15.7 Å². The summed E-state index contributed by atoms with van der Waals surface area (Å²) in [7, 11) is 0. The van der Waals surface area contributed by atoms with Crippen LogP contribution in [0.5, 0.6) is 0 Å². The van der Waals surface area contributed by atoms with Crippen LogP contribution in [0, 0.1) is 0 Å². The smallest absolute Gasteiger partial charge is 0.0963 e. The van der Waals surface area contributed by atoms with Crippen molar-refractivity contribution in [1.29, 1.82) is 0 Å². The van der Waals surface area contributed by atoms with E-state index in [1.165, 1.54) is 27.9 Å². The molecule has 298 valence electrons. The molecule has 11 aromatic rings. The number of hydrogen-bond acceptors (Lipinski definition) is 4. The van der Waals surface area contributed by atoms with Gasteiger partial charge in [0.05, 0.1) is 44.5 Å². The monoisotopic (exact) mass is 808 g/mol. The summed E-state index contributed by atoms with van der Waals surface area (Å²) in [4.78, 5) is 14.6. The first kappa shape index (κ1) is 36.5. The molecule has 0 unspecified atom stereocenters. The third kappa shape index (κ3) is 5.83. The lowest BCUT2D eigenvalue weighted by Crippen LogP contribution is -1.99. The van der Waals surface area contributed by atoms with Crippen molar-refractivity contribution < 1.29 is 0 Å². The van der Waals surface area contributed by atoms with Gasteiger partial charge in [0.15, 0.2) is 0 Å². The molecule has 5 aromatic heterocycles. The zero-order chi connectivity index (χ0) is 42.0. The van der Waals surface area contributed by atoms with Gasteiger partial charge in [0.1, 0.15) is 0 Å². The molecule has 6 aromatic carbocycles. The van der Waals surface area contributed by atoms with E-state index in [-0.39, 0.29) is 0 Å². The van der Waals surface area contributed by atoms with Crippen LogP contribution in [0.25, 0.3) is 106 Å². The van der Waals surface area contributed by atoms with E-state index >= 15 is 0 Å². The second-order valence-corrected chi connectivity index (χ2v) is 16.2. The van der Waals surface area contributed by atoms with Gasteiger partial charge in [0.2, 0.25) is 0 Å². The molecule has 0 aliphatic heterocycles. The topological polar surface area (TPSA) is 74.5 Å². The van der Waals surface area contributed by atoms with Gasteiger partial charge in [0.25, 0.3) is 0 Å². The van der Waals surface area contributed by atoms with Gasteiger partial charge in [0, 0.05) is 58.3 Å². The highest BCUT2D eigenvalue weighted by atomic mass is 15.0. The average Bonchev–Trinajstić information content (AvgIpc) is 4.00. The number of rotatable bonds is 7. The summed E-state index contributed by atoms with van der Waals surface area (Å²) in [5, 5.41) is 2.22. The predicted molar refractivity (Wildman–Crippen MR) is 260 cm³/mol. The van der Waals surface area contributed by atoms with Gasteiger partial charge in [-0.1, -0.05) is 97.1 Å². The highest BCUT2D eigenvalue weighted by molar-refractivity contribution is 6.10. The molecule has 0 saturated heterocycles. The Morgan fingerprint density at radius 2 is 1.17 bits per heavy atom. The van der Waals surface area contributed by atoms with Crippen molar-refractivity contribution in [2.75, 3.05) is 0 Å². The van der Waals surface area contributed by atoms with E-state index in [1.807, 2.05) is 74.1 Å². The molecule has 0 amide bonds. The van der Waals surface area contributed by atoms with Crippen molar-refractivity contribution in [3.63, 3.8) is 0 Å². The molecular weight excluding hydrogens is 769 g/mol. The number of nitrogens with zero attached hydrogens (tertiary/aromatic N) is 5. The second-order valence-electron chi connectivity index (χ2n) is 16.2. The number of allylic oxidation sites excluding steroid dienone is 3. The van der Waals surface area contributed by atoms with Crippen molar-refractivity contribution in [2.24, 2.45) is 5.73 Å². The van der Waals surface area contributed by atoms with E-state index in [1.54, 1.807) is 0 Å². The van der Waals surface area contributed by atoms with Crippen LogP contribution < -0.4 is 5.73 Å². The van der Waals surface area contributed by atoms with Crippen LogP contribution in [0.1, 0.15) is 23.6 Å². The maximum atomic E-state index is 6.60. The average molecular weight is 809 g/mol. The number of pyridine rings is 3. The summed E-state index contributed by atoms with van der Waals surface area (Å²) >= 11 is 0. The quantitative estimate of drug-likeness (QED) is 0.163. The third-order valence-electron chi connectivity index (χ3n) is 12.6. The molecule has 6 heteroatoms. The maximum Gasteiger partial charge on any atom is 0.0963 e. The minimum Gasteiger partial charge on any atom is -0.398 e. The van der Waals surface area contributed by atoms with E-state index in [2.05, 4.69) is 148 Å². The number of fused-ring (bicyclic) bond motifs is 9. The van der Waals surface area contributed by atoms with Crippen LogP contribution in [-0.4, -0.2) is 24.1 Å². The highest BCUT2D eigenvalue weighted by Crippen LogP contribution is 2.45. The fraction of sp³-hybridized carbons (Fsp3) is 0.0351. The Morgan fingerprint density at radius 1 is 0.524 bits per heavy atom. The molecule has 12 rings (SSSR count). The summed E-state index contributed by atoms with van der Waals surface area (Å²) in [5.74, 6) is 0. The minimum atomic E-state index is 0.730. The van der Waals surface area contributed by atoms with Gasteiger partial charge in [-0.05, 0) is 136 Å². The SMILES string of the molecule is C/C=C\C=C(/N)c1ccccc1-c1ccc2c(c1)c1ncccc1n2-c1ccc2c(c1)-c1cccc(-n3c4ccc(-c5ccccc5-c5ccccn5)cc4c4ncccc43)c1C2. The van der Waals surface area contributed by atoms with Gasteiger partial charge in [-0.2, -0.15) is 0 Å². The summed E-state index contributed by atoms with van der Waals surface area (Å²) in [6.45, 7) is 2.00. The lowest BCUT2D eigenvalue weighted by atomic mass is 9.96. The molecule has 0 saturated carbocycles. The molecule has 0 bridgehead atoms. The Labute approximate surface area is 364 Å². The predicted octanol–water partition coefficient (Wildman–Crippen LogP) is 13.5. The molecule has 6 nitrogen and oxygen atoms in total. The first-order valence-electron chi connectivity index (χ1n) is 21.4. The first-order valence-corrected chi connectivity index (χ1v) is 21.4. The summed E-state index contributed by atoms with van der Waals surface area (Å²) < 4.78 is 4.77. The molecular formula is C57H40N6. The lowest BCUT2D eigenvalue weighted by molar-refractivity contribution is 1.12. The van der Waals surface area contributed by atoms with Gasteiger partial charge in [-0.15, -0.1) is 0 Å². The van der Waals surface area contributed by atoms with E-state index in [9.17, 15) is 0 Å². The molecule has 0 fully saturated rings. The number of benzene rings is 6. The third-order valence-corrected chi connectivity index (χ3v) is 12.6. The van der Waals surface area contributed by atoms with Crippen molar-refractivity contribution in [1.82, 2.24) is 24.1 Å². The zero-order valence-corrected chi connectivity index (χ0v) is 34.6. The van der Waals surface area contributed by atoms with Crippen LogP contribution in [0.15, 0.2) is 201 Å². The van der Waals surface area contributed by atoms with Crippen LogP contribution in [0.3, 0.4) is 0 Å². The van der Waals surface area contributed by atoms with E-state index in [0.717, 1.165) is 101 Å². The van der Waals surface area contributed by atoms with Crippen LogP contribution in [0.4, 0.5) is 0 Å². The second kappa shape index (κ2) is 14.7. The minimum absolute atomic E-state index is 0.730. The number of aromatic nitrogens is 5. The molecule has 5 heterocycles. The Bertz CT molecular complexity index is 3680. The summed E-state index contributed by atoms with van der Waals surface area (Å²) in [5.41, 5.74) is 28.6. The van der Waals surface area contributed by atoms with Gasteiger partial charge < -0.3 is 14.9 Å². The maximum absolute atomic E-state index is 6.60. The normalized spacial score (nSPS) is 12.6. The van der Waals surface area contributed by atoms with Crippen molar-refractivity contribution >= 4 is 49.6 Å². The Balaban J connectivity index is 0.976. The van der Waals surface area contributed by atoms with Crippen LogP contribution in [0.2, 0.25) is 0 Å². The van der Waals surface area contributed by atoms with E-state index in [0.29, 0.717) is 0 Å². The zero-order valence-electron chi connectivity index (χ0n) is 34.6. The van der Waals surface area contributed by atoms with Crippen LogP contribution in [-0.2, 0) is 6.42 Å². The fourth-order valence-electron chi connectivity index (χ4n) is 9.82. The molecule has 2 N–H and O–H groups in total. The largest absolute Gasteiger partial charge is 0.398 e. The van der Waals surface area contributed by atoms with Crippen molar-refractivity contribution in [2.45, 2.75) is 13.3 Å². The fourth-order valence-corrected chi connectivity index (χ4v) is 9.82. The van der Waals surface area contributed by atoms with Gasteiger partial charge in [-0.25, -0.2) is 0 Å². The highest BCUT2D eigenvalue weighted by Gasteiger charge is 2.26. The Morgan fingerprint density at radius 3 is 1.92 bits per heavy atom. The molecule has 0 radical (unpaired) electrons. The number of hydrogen-bond donors (Lipinski definition) is 1. The molecule has 63 heavy (non-hydrogen) atoms. The molecule has 1 aliphatic rings. The van der Waals surface area contributed by atoms with Crippen molar-refractivity contribution in [3.8, 4) is 56.0 Å². The van der Waals surface area contributed by atoms with Crippen LogP contribution >= 0.6 is 0 Å². The number of nitrogens with two attached hydrogens (primary N) is 1. The van der Waals surface area contributed by atoms with Crippen molar-refractivity contribution in [3.05, 3.63) is 217 Å².